The van der Waals surface area contributed by atoms with Crippen LogP contribution >= 0.6 is 11.8 Å². The highest BCUT2D eigenvalue weighted by atomic mass is 32.2. The summed E-state index contributed by atoms with van der Waals surface area (Å²) in [5, 5.41) is 8.88. The van der Waals surface area contributed by atoms with Crippen LogP contribution in [-0.4, -0.2) is 15.9 Å². The second-order valence-corrected chi connectivity index (χ2v) is 3.27. The fourth-order valence-electron chi connectivity index (χ4n) is 0.279. The SMILES string of the molecule is CC(C)S[C@H](N)O. The van der Waals surface area contributed by atoms with Crippen molar-refractivity contribution in [3.63, 3.8) is 0 Å². The fourth-order valence-corrected chi connectivity index (χ4v) is 0.837. The van der Waals surface area contributed by atoms with E-state index in [2.05, 4.69) is 0 Å². The molecule has 0 fully saturated rings. The van der Waals surface area contributed by atoms with E-state index < -0.39 is 5.56 Å². The Hall–Kier alpha value is 0.270. The van der Waals surface area contributed by atoms with Crippen molar-refractivity contribution in [2.24, 2.45) is 5.73 Å². The molecule has 0 radical (unpaired) electrons. The fraction of sp³-hybridized carbons (Fsp3) is 1.00. The molecular formula is C4H11NOS. The lowest BCUT2D eigenvalue weighted by molar-refractivity contribution is 0.271. The largest absolute Gasteiger partial charge is 0.369 e. The highest BCUT2D eigenvalue weighted by Gasteiger charge is 1.97. The Bertz CT molecular complexity index is 41.0. The quantitative estimate of drug-likeness (QED) is 0.519. The van der Waals surface area contributed by atoms with Gasteiger partial charge in [0, 0.05) is 5.25 Å². The molecule has 0 unspecified atom stereocenters. The van der Waals surface area contributed by atoms with Crippen molar-refractivity contribution in [1.82, 2.24) is 0 Å². The van der Waals surface area contributed by atoms with E-state index in [1.54, 1.807) is 0 Å². The zero-order valence-corrected chi connectivity index (χ0v) is 5.40. The lowest BCUT2D eigenvalue weighted by Gasteiger charge is -2.04. The van der Waals surface area contributed by atoms with E-state index in [0.717, 1.165) is 0 Å². The molecule has 2 nitrogen and oxygen atoms in total. The number of hydrogen-bond donors (Lipinski definition) is 2. The van der Waals surface area contributed by atoms with Crippen LogP contribution in [0.3, 0.4) is 0 Å². The molecule has 7 heavy (non-hydrogen) atoms. The minimum atomic E-state index is -0.708. The van der Waals surface area contributed by atoms with Gasteiger partial charge >= 0.3 is 0 Å². The second-order valence-electron chi connectivity index (χ2n) is 1.58. The summed E-state index contributed by atoms with van der Waals surface area (Å²) in [5.41, 5.74) is 4.30. The average Bonchev–Trinajstić information content (AvgIpc) is 1.27. The molecule has 0 aromatic carbocycles. The first-order valence-corrected chi connectivity index (χ1v) is 3.16. The van der Waals surface area contributed by atoms with Gasteiger partial charge in [0.05, 0.1) is 0 Å². The first-order chi connectivity index (χ1) is 3.13. The third kappa shape index (κ3) is 6.27. The summed E-state index contributed by atoms with van der Waals surface area (Å²) >= 11 is 1.34. The smallest absolute Gasteiger partial charge is 0.150 e. The third-order valence-electron chi connectivity index (χ3n) is 0.412. The molecule has 0 heterocycles. The summed E-state index contributed by atoms with van der Waals surface area (Å²) < 4.78 is 0. The van der Waals surface area contributed by atoms with Crippen LogP contribution in [0.25, 0.3) is 0 Å². The van der Waals surface area contributed by atoms with Gasteiger partial charge in [-0.05, 0) is 0 Å². The molecule has 1 atom stereocenters. The summed E-state index contributed by atoms with van der Waals surface area (Å²) in [4.78, 5) is 0. The Labute approximate surface area is 48.1 Å². The minimum absolute atomic E-state index is 0.417. The number of hydrogen-bond acceptors (Lipinski definition) is 3. The van der Waals surface area contributed by atoms with Crippen LogP contribution in [0.5, 0.6) is 0 Å². The van der Waals surface area contributed by atoms with E-state index in [4.69, 9.17) is 10.8 Å². The van der Waals surface area contributed by atoms with Gasteiger partial charge in [-0.1, -0.05) is 13.8 Å². The Balaban J connectivity index is 2.95. The Morgan fingerprint density at radius 1 is 1.57 bits per heavy atom. The predicted molar refractivity (Wildman–Crippen MR) is 32.9 cm³/mol. The molecule has 0 saturated carbocycles. The molecule has 0 rings (SSSR count). The van der Waals surface area contributed by atoms with Crippen LogP contribution in [0.4, 0.5) is 0 Å². The van der Waals surface area contributed by atoms with Crippen molar-refractivity contribution < 1.29 is 5.11 Å². The molecule has 44 valence electrons. The van der Waals surface area contributed by atoms with Crippen molar-refractivity contribution in [3.05, 3.63) is 0 Å². The van der Waals surface area contributed by atoms with Gasteiger partial charge in [-0.3, -0.25) is 5.73 Å². The topological polar surface area (TPSA) is 46.2 Å². The number of thioether (sulfide) groups is 1. The number of rotatable bonds is 2. The molecule has 0 aromatic heterocycles. The van der Waals surface area contributed by atoms with Crippen molar-refractivity contribution in [2.75, 3.05) is 0 Å². The summed E-state index contributed by atoms with van der Waals surface area (Å²) in [7, 11) is 0. The van der Waals surface area contributed by atoms with E-state index in [-0.39, 0.29) is 0 Å². The van der Waals surface area contributed by atoms with Crippen LogP contribution in [0, 0.1) is 0 Å². The number of aliphatic hydroxyl groups excluding tert-OH is 1. The monoisotopic (exact) mass is 121 g/mol. The zero-order valence-electron chi connectivity index (χ0n) is 4.59. The summed E-state index contributed by atoms with van der Waals surface area (Å²) in [6.07, 6.45) is 0. The van der Waals surface area contributed by atoms with Crippen molar-refractivity contribution >= 4 is 11.8 Å². The Kier molecular flexibility index (Phi) is 3.42. The molecule has 0 aliphatic heterocycles. The maximum Gasteiger partial charge on any atom is 0.150 e. The van der Waals surface area contributed by atoms with E-state index in [0.29, 0.717) is 5.25 Å². The molecule has 3 heteroatoms. The van der Waals surface area contributed by atoms with Crippen molar-refractivity contribution in [1.29, 1.82) is 0 Å². The molecule has 0 aliphatic rings. The van der Waals surface area contributed by atoms with Crippen LogP contribution in [-0.2, 0) is 0 Å². The van der Waals surface area contributed by atoms with E-state index in [1.807, 2.05) is 13.8 Å². The maximum atomic E-state index is 8.46. The standard InChI is InChI=1S/C4H11NOS/c1-3(2)7-4(5)6/h3-4,6H,5H2,1-2H3/t4-/m1/s1. The Morgan fingerprint density at radius 3 is 2.00 bits per heavy atom. The molecule has 0 aliphatic carbocycles. The molecule has 3 N–H and O–H groups in total. The highest BCUT2D eigenvalue weighted by molar-refractivity contribution is 8.00. The van der Waals surface area contributed by atoms with Gasteiger partial charge in [-0.25, -0.2) is 0 Å². The zero-order chi connectivity index (χ0) is 5.86. The summed E-state index contributed by atoms with van der Waals surface area (Å²) in [6, 6.07) is 0. The van der Waals surface area contributed by atoms with Crippen molar-refractivity contribution in [2.45, 2.75) is 24.7 Å². The minimum Gasteiger partial charge on any atom is -0.369 e. The lowest BCUT2D eigenvalue weighted by Crippen LogP contribution is -2.15. The van der Waals surface area contributed by atoms with E-state index >= 15 is 0 Å². The molecule has 0 amide bonds. The molecule has 0 saturated heterocycles. The first-order valence-electron chi connectivity index (χ1n) is 2.22. The molecule has 0 bridgehead atoms. The molecule has 0 spiro atoms. The maximum absolute atomic E-state index is 8.46. The average molecular weight is 121 g/mol. The van der Waals surface area contributed by atoms with Gasteiger partial charge < -0.3 is 5.11 Å². The van der Waals surface area contributed by atoms with Gasteiger partial charge in [0.1, 0.15) is 0 Å². The normalized spacial score (nSPS) is 15.0. The third-order valence-corrected chi connectivity index (χ3v) is 1.23. The van der Waals surface area contributed by atoms with Crippen LogP contribution in [0.15, 0.2) is 0 Å². The van der Waals surface area contributed by atoms with Crippen LogP contribution < -0.4 is 5.73 Å². The summed E-state index contributed by atoms with van der Waals surface area (Å²) in [6.45, 7) is 3.97. The molecule has 0 aromatic rings. The van der Waals surface area contributed by atoms with E-state index in [1.165, 1.54) is 11.8 Å². The van der Waals surface area contributed by atoms with Gasteiger partial charge in [0.25, 0.3) is 0 Å². The molecular weight excluding hydrogens is 110 g/mol. The number of nitrogens with two attached hydrogens (primary N) is 1. The number of aliphatic hydroxyl groups is 1. The van der Waals surface area contributed by atoms with Crippen molar-refractivity contribution in [3.8, 4) is 0 Å². The highest BCUT2D eigenvalue weighted by Crippen LogP contribution is 2.09. The Morgan fingerprint density at radius 2 is 2.00 bits per heavy atom. The lowest BCUT2D eigenvalue weighted by atomic mass is 10.6. The van der Waals surface area contributed by atoms with Gasteiger partial charge in [-0.15, -0.1) is 11.8 Å². The van der Waals surface area contributed by atoms with E-state index in [9.17, 15) is 0 Å². The first kappa shape index (κ1) is 7.27. The predicted octanol–water partition coefficient (Wildman–Crippen LogP) is 0.363. The summed E-state index contributed by atoms with van der Waals surface area (Å²) in [5.74, 6) is 0. The van der Waals surface area contributed by atoms with Gasteiger partial charge in [0.15, 0.2) is 5.56 Å². The van der Waals surface area contributed by atoms with Crippen LogP contribution in [0.2, 0.25) is 0 Å². The van der Waals surface area contributed by atoms with Gasteiger partial charge in [-0.2, -0.15) is 0 Å². The van der Waals surface area contributed by atoms with Crippen LogP contribution in [0.1, 0.15) is 13.8 Å². The second kappa shape index (κ2) is 3.29. The van der Waals surface area contributed by atoms with Gasteiger partial charge in [0.2, 0.25) is 0 Å².